The van der Waals surface area contributed by atoms with Gasteiger partial charge >= 0.3 is 0 Å². The normalized spacial score (nSPS) is 19.2. The second-order valence-corrected chi connectivity index (χ2v) is 10.3. The fraction of sp³-hybridized carbons (Fsp3) is 0.174. The van der Waals surface area contributed by atoms with Crippen molar-refractivity contribution < 1.29 is 18.3 Å². The number of aromatic nitrogens is 1. The number of pyridine rings is 1. The Morgan fingerprint density at radius 3 is 2.69 bits per heavy atom. The number of aryl methyl sites for hydroxylation is 1. The van der Waals surface area contributed by atoms with Gasteiger partial charge in [-0.05, 0) is 60.5 Å². The molecule has 9 heteroatoms. The Balaban J connectivity index is 1.80. The van der Waals surface area contributed by atoms with Gasteiger partial charge in [0.1, 0.15) is 11.5 Å². The molecule has 1 aromatic carbocycles. The summed E-state index contributed by atoms with van der Waals surface area (Å²) in [6.07, 6.45) is 8.24. The third-order valence-corrected chi connectivity index (χ3v) is 8.02. The number of nitrogens with one attached hydrogen (secondary N) is 1. The predicted molar refractivity (Wildman–Crippen MR) is 122 cm³/mol. The molecular weight excluding hydrogens is 452 g/mol. The largest absolute Gasteiger partial charge is 0.347 e. The van der Waals surface area contributed by atoms with Crippen molar-refractivity contribution in [2.45, 2.75) is 13.5 Å². The van der Waals surface area contributed by atoms with Crippen molar-refractivity contribution >= 4 is 35.9 Å². The van der Waals surface area contributed by atoms with E-state index >= 15 is 0 Å². The first-order valence-electron chi connectivity index (χ1n) is 9.81. The van der Waals surface area contributed by atoms with Crippen LogP contribution in [0.5, 0.6) is 0 Å². The fourth-order valence-electron chi connectivity index (χ4n) is 3.71. The second-order valence-electron chi connectivity index (χ2n) is 7.39. The highest BCUT2D eigenvalue weighted by Gasteiger charge is 2.44. The van der Waals surface area contributed by atoms with Crippen LogP contribution < -0.4 is 10.6 Å². The number of carbonyl (C=O) groups is 1. The van der Waals surface area contributed by atoms with Crippen LogP contribution in [0.15, 0.2) is 82.0 Å². The molecule has 2 aliphatic rings. The summed E-state index contributed by atoms with van der Waals surface area (Å²) in [5.41, 5.74) is 1.93. The summed E-state index contributed by atoms with van der Waals surface area (Å²) in [7, 11) is -2.58. The molecule has 164 valence electrons. The highest BCUT2D eigenvalue weighted by molar-refractivity contribution is 7.71. The van der Waals surface area contributed by atoms with Crippen LogP contribution in [-0.2, 0) is 20.4 Å². The third-order valence-electron chi connectivity index (χ3n) is 5.19. The number of rotatable bonds is 6. The molecule has 0 bridgehead atoms. The lowest BCUT2D eigenvalue weighted by molar-refractivity contribution is -0.117. The van der Waals surface area contributed by atoms with E-state index in [1.807, 2.05) is 0 Å². The molecule has 2 heterocycles. The highest BCUT2D eigenvalue weighted by Crippen LogP contribution is 2.60. The Hall–Kier alpha value is -2.86. The number of allylic oxidation sites excluding steroid dienone is 5. The van der Waals surface area contributed by atoms with Crippen molar-refractivity contribution in [2.75, 3.05) is 7.11 Å². The second kappa shape index (κ2) is 8.94. The smallest absolute Gasteiger partial charge is 0.270 e. The first-order valence-corrected chi connectivity index (χ1v) is 11.8. The molecule has 1 aromatic heterocycles. The molecule has 2 aromatic rings. The predicted octanol–water partition coefficient (Wildman–Crippen LogP) is 4.37. The van der Waals surface area contributed by atoms with Gasteiger partial charge in [-0.1, -0.05) is 17.7 Å². The topological polar surface area (TPSA) is 80.7 Å². The Bertz CT molecular complexity index is 1230. The van der Waals surface area contributed by atoms with Crippen molar-refractivity contribution in [3.63, 3.8) is 0 Å². The highest BCUT2D eigenvalue weighted by atomic mass is 35.5. The molecule has 0 radical (unpaired) electrons. The Morgan fingerprint density at radius 2 is 2.00 bits per heavy atom. The average Bonchev–Trinajstić information content (AvgIpc) is 3.16. The lowest BCUT2D eigenvalue weighted by Crippen LogP contribution is -2.25. The molecule has 0 saturated carbocycles. The number of halogens is 2. The van der Waals surface area contributed by atoms with Crippen LogP contribution in [0.25, 0.3) is 0 Å². The van der Waals surface area contributed by atoms with E-state index in [1.165, 1.54) is 19.2 Å². The van der Waals surface area contributed by atoms with Gasteiger partial charge in [0.2, 0.25) is 0 Å². The lowest BCUT2D eigenvalue weighted by Gasteiger charge is -2.24. The van der Waals surface area contributed by atoms with E-state index in [1.54, 1.807) is 55.7 Å². The minimum Gasteiger partial charge on any atom is -0.347 e. The average molecular weight is 472 g/mol. The number of carbonyl (C=O) groups excluding carboxylic acids is 1. The molecule has 6 nitrogen and oxygen atoms in total. The van der Waals surface area contributed by atoms with Crippen LogP contribution in [0.4, 0.5) is 4.39 Å². The molecule has 1 amide bonds. The van der Waals surface area contributed by atoms with Gasteiger partial charge < -0.3 is 9.84 Å². The first-order chi connectivity index (χ1) is 15.3. The number of fused-ring (bicyclic) bond motifs is 1. The quantitative estimate of drug-likeness (QED) is 0.634. The van der Waals surface area contributed by atoms with Crippen LogP contribution in [0.2, 0.25) is 0 Å². The van der Waals surface area contributed by atoms with E-state index < -0.39 is 25.0 Å². The number of nitrogens with zero attached hydrogens (tertiary/aromatic N) is 2. The molecule has 1 aliphatic carbocycles. The Labute approximate surface area is 190 Å². The maximum absolute atomic E-state index is 14.2. The van der Waals surface area contributed by atoms with E-state index in [4.69, 9.17) is 16.1 Å². The first kappa shape index (κ1) is 22.3. The molecule has 1 N–H and O–H groups in total. The van der Waals surface area contributed by atoms with Crippen LogP contribution in [0.1, 0.15) is 11.1 Å². The van der Waals surface area contributed by atoms with Crippen molar-refractivity contribution in [1.82, 2.24) is 10.3 Å². The van der Waals surface area contributed by atoms with E-state index in [2.05, 4.69) is 15.3 Å². The maximum Gasteiger partial charge on any atom is 0.270 e. The molecule has 2 atom stereocenters. The molecule has 32 heavy (non-hydrogen) atoms. The maximum atomic E-state index is 14.2. The van der Waals surface area contributed by atoms with Gasteiger partial charge in [-0.25, -0.2) is 9.38 Å². The number of hydrogen-bond acceptors (Lipinski definition) is 5. The summed E-state index contributed by atoms with van der Waals surface area (Å²) in [6.45, 7) is 1.93. The Morgan fingerprint density at radius 1 is 1.25 bits per heavy atom. The van der Waals surface area contributed by atoms with Crippen molar-refractivity contribution in [3.8, 4) is 0 Å². The molecule has 1 aliphatic heterocycles. The van der Waals surface area contributed by atoms with E-state index in [-0.39, 0.29) is 22.9 Å². The summed E-state index contributed by atoms with van der Waals surface area (Å²) in [4.78, 5) is 21.6. The van der Waals surface area contributed by atoms with E-state index in [0.717, 1.165) is 5.56 Å². The van der Waals surface area contributed by atoms with Gasteiger partial charge in [0.15, 0.2) is 0 Å². The van der Waals surface area contributed by atoms with Crippen molar-refractivity contribution in [3.05, 3.63) is 93.9 Å². The van der Waals surface area contributed by atoms with Crippen LogP contribution in [0, 0.1) is 18.7 Å². The molecule has 0 spiro atoms. The van der Waals surface area contributed by atoms with Gasteiger partial charge in [-0.15, -0.1) is 0 Å². The summed E-state index contributed by atoms with van der Waals surface area (Å²) in [5, 5.41) is 3.55. The van der Waals surface area contributed by atoms with E-state index in [9.17, 15) is 13.8 Å². The van der Waals surface area contributed by atoms with Gasteiger partial charge in [-0.3, -0.25) is 14.3 Å². The minimum absolute atomic E-state index is 0.0154. The Kier molecular flexibility index (Phi) is 6.24. The third kappa shape index (κ3) is 4.24. The number of aliphatic imine (C=N–C) groups is 1. The summed E-state index contributed by atoms with van der Waals surface area (Å²) < 4.78 is 33.9. The zero-order valence-electron chi connectivity index (χ0n) is 17.4. The lowest BCUT2D eigenvalue weighted by atomic mass is 9.99. The molecule has 2 unspecified atom stereocenters. The van der Waals surface area contributed by atoms with Gasteiger partial charge in [0.05, 0.1) is 16.9 Å². The molecule has 0 saturated heterocycles. The molecule has 4 rings (SSSR count). The van der Waals surface area contributed by atoms with E-state index in [0.29, 0.717) is 16.3 Å². The summed E-state index contributed by atoms with van der Waals surface area (Å²) >= 11 is 6.21. The summed E-state index contributed by atoms with van der Waals surface area (Å²) in [6, 6.07) is 7.64. The number of hydrogen-bond donors (Lipinski definition) is 1. The van der Waals surface area contributed by atoms with Crippen molar-refractivity contribution in [1.29, 1.82) is 0 Å². The van der Waals surface area contributed by atoms with Gasteiger partial charge in [0.25, 0.3) is 13.3 Å². The van der Waals surface area contributed by atoms with Crippen molar-refractivity contribution in [2.24, 2.45) is 10.9 Å². The SMILES string of the molecule is COP(=O)(C1=C(C(=O)NCc2ccncc2)N=C2C=CC(Cl)=CC21)c1cc(C)cc(F)c1. The summed E-state index contributed by atoms with van der Waals surface area (Å²) in [5.74, 6) is -1.68. The monoisotopic (exact) mass is 471 g/mol. The van der Waals surface area contributed by atoms with Gasteiger partial charge in [0, 0.05) is 36.4 Å². The van der Waals surface area contributed by atoms with Crippen LogP contribution in [0.3, 0.4) is 0 Å². The molecular formula is C23H20ClFN3O3P. The number of amides is 1. The van der Waals surface area contributed by atoms with Crippen LogP contribution in [-0.4, -0.2) is 23.7 Å². The standard InChI is InChI=1S/C23H20ClFN3O3P/c1-14-9-17(25)12-18(10-14)32(30,31-2)22-19-11-16(24)3-4-20(19)28-21(22)23(29)27-13-15-5-7-26-8-6-15/h3-12,19H,13H2,1-2H3,(H,27,29). The molecule has 0 fully saturated rings. The zero-order chi connectivity index (χ0) is 22.9. The number of benzene rings is 1. The van der Waals surface area contributed by atoms with Crippen LogP contribution >= 0.6 is 19.0 Å². The fourth-order valence-corrected chi connectivity index (χ4v) is 6.26. The minimum atomic E-state index is -3.86. The zero-order valence-corrected chi connectivity index (χ0v) is 19.0. The van der Waals surface area contributed by atoms with Gasteiger partial charge in [-0.2, -0.15) is 0 Å².